The molecule has 28 heavy (non-hydrogen) atoms. The second-order valence-corrected chi connectivity index (χ2v) is 7.46. The molecule has 1 aliphatic heterocycles. The van der Waals surface area contributed by atoms with Crippen molar-refractivity contribution < 1.29 is 9.59 Å². The number of para-hydroxylation sites is 1. The maximum atomic E-state index is 12.9. The Balaban J connectivity index is 1.65. The van der Waals surface area contributed by atoms with Gasteiger partial charge in [-0.1, -0.05) is 36.7 Å². The minimum Gasteiger partial charge on any atom is -0.338 e. The lowest BCUT2D eigenvalue weighted by Crippen LogP contribution is -2.43. The van der Waals surface area contributed by atoms with Crippen LogP contribution in [0.3, 0.4) is 0 Å². The van der Waals surface area contributed by atoms with Crippen molar-refractivity contribution in [1.82, 2.24) is 10.2 Å². The average Bonchev–Trinajstić information content (AvgIpc) is 2.73. The van der Waals surface area contributed by atoms with Gasteiger partial charge >= 0.3 is 0 Å². The van der Waals surface area contributed by atoms with Gasteiger partial charge in [-0.3, -0.25) is 9.59 Å². The molecule has 1 fully saturated rings. The molecule has 0 aromatic heterocycles. The molecule has 1 unspecified atom stereocenters. The van der Waals surface area contributed by atoms with Gasteiger partial charge in [0.15, 0.2) is 0 Å². The molecule has 2 aromatic carbocycles. The molecule has 0 spiro atoms. The molecule has 0 saturated carbocycles. The van der Waals surface area contributed by atoms with Crippen LogP contribution in [0.5, 0.6) is 0 Å². The first kappa shape index (κ1) is 20.4. The molecule has 3 rings (SSSR count). The smallest absolute Gasteiger partial charge is 0.253 e. The highest BCUT2D eigenvalue weighted by molar-refractivity contribution is 6.30. The summed E-state index contributed by atoms with van der Waals surface area (Å²) in [5, 5.41) is 6.95. The highest BCUT2D eigenvalue weighted by Gasteiger charge is 2.29. The second kappa shape index (κ2) is 9.71. The van der Waals surface area contributed by atoms with E-state index in [1.54, 1.807) is 29.2 Å². The molecule has 0 radical (unpaired) electrons. The van der Waals surface area contributed by atoms with Crippen LogP contribution in [0.4, 0.5) is 5.69 Å². The summed E-state index contributed by atoms with van der Waals surface area (Å²) >= 11 is 5.91. The summed E-state index contributed by atoms with van der Waals surface area (Å²) in [7, 11) is 0. The molecule has 1 heterocycles. The largest absolute Gasteiger partial charge is 0.338 e. The number of halogens is 1. The summed E-state index contributed by atoms with van der Waals surface area (Å²) in [6.45, 7) is 4.73. The number of benzene rings is 2. The van der Waals surface area contributed by atoms with Gasteiger partial charge in [0, 0.05) is 35.9 Å². The maximum absolute atomic E-state index is 12.9. The lowest BCUT2D eigenvalue weighted by molar-refractivity contribution is -0.121. The first-order valence-electron chi connectivity index (χ1n) is 9.72. The lowest BCUT2D eigenvalue weighted by Gasteiger charge is -2.32. The first-order chi connectivity index (χ1) is 13.6. The Kier molecular flexibility index (Phi) is 7.06. The van der Waals surface area contributed by atoms with Crippen molar-refractivity contribution >= 4 is 29.1 Å². The minimum absolute atomic E-state index is 0.0300. The van der Waals surface area contributed by atoms with Gasteiger partial charge in [-0.2, -0.15) is 0 Å². The van der Waals surface area contributed by atoms with Crippen LogP contribution in [0, 0.1) is 5.92 Å². The van der Waals surface area contributed by atoms with Gasteiger partial charge in [0.05, 0.1) is 5.92 Å². The zero-order valence-electron chi connectivity index (χ0n) is 16.1. The van der Waals surface area contributed by atoms with Crippen molar-refractivity contribution in [2.75, 3.05) is 25.0 Å². The summed E-state index contributed by atoms with van der Waals surface area (Å²) in [6.07, 6.45) is 1.60. The van der Waals surface area contributed by atoms with E-state index in [0.29, 0.717) is 30.2 Å². The molecule has 6 heteroatoms. The molecule has 5 nitrogen and oxygen atoms in total. The first-order valence-corrected chi connectivity index (χ1v) is 10.1. The van der Waals surface area contributed by atoms with E-state index in [9.17, 15) is 9.59 Å². The van der Waals surface area contributed by atoms with Crippen molar-refractivity contribution in [2.45, 2.75) is 26.3 Å². The molecule has 2 N–H and O–H groups in total. The number of nitrogens with zero attached hydrogens (tertiary/aromatic N) is 1. The third kappa shape index (κ3) is 5.12. The molecule has 2 amide bonds. The number of anilines is 1. The van der Waals surface area contributed by atoms with Crippen LogP contribution >= 0.6 is 11.6 Å². The fourth-order valence-corrected chi connectivity index (χ4v) is 3.57. The molecule has 148 valence electrons. The molecule has 1 atom stereocenters. The van der Waals surface area contributed by atoms with Gasteiger partial charge in [-0.25, -0.2) is 0 Å². The zero-order valence-corrected chi connectivity index (χ0v) is 16.8. The van der Waals surface area contributed by atoms with Crippen molar-refractivity contribution in [3.05, 3.63) is 64.7 Å². The Labute approximate surface area is 171 Å². The van der Waals surface area contributed by atoms with Gasteiger partial charge in [0.2, 0.25) is 5.91 Å². The summed E-state index contributed by atoms with van der Waals surface area (Å²) in [6, 6.07) is 14.7. The monoisotopic (exact) mass is 399 g/mol. The number of nitrogens with one attached hydrogen (secondary N) is 2. The van der Waals surface area contributed by atoms with Crippen LogP contribution in [0.25, 0.3) is 0 Å². The minimum atomic E-state index is -0.211. The second-order valence-electron chi connectivity index (χ2n) is 7.02. The number of hydrogen-bond acceptors (Lipinski definition) is 3. The Morgan fingerprint density at radius 1 is 1.14 bits per heavy atom. The van der Waals surface area contributed by atoms with E-state index in [4.69, 9.17) is 11.6 Å². The topological polar surface area (TPSA) is 61.4 Å². The number of rotatable bonds is 6. The van der Waals surface area contributed by atoms with Crippen LogP contribution < -0.4 is 10.6 Å². The van der Waals surface area contributed by atoms with E-state index in [0.717, 1.165) is 30.6 Å². The molecule has 0 bridgehead atoms. The van der Waals surface area contributed by atoms with Gasteiger partial charge in [-0.05, 0) is 55.3 Å². The quantitative estimate of drug-likeness (QED) is 0.773. The van der Waals surface area contributed by atoms with Crippen LogP contribution in [0.15, 0.2) is 48.5 Å². The normalized spacial score (nSPS) is 16.6. The van der Waals surface area contributed by atoms with E-state index in [2.05, 4.69) is 17.6 Å². The number of carbonyl (C=O) groups excluding carboxylic acids is 2. The summed E-state index contributed by atoms with van der Waals surface area (Å²) < 4.78 is 0. The number of carbonyl (C=O) groups is 2. The van der Waals surface area contributed by atoms with E-state index in [1.165, 1.54) is 0 Å². The van der Waals surface area contributed by atoms with Gasteiger partial charge in [0.1, 0.15) is 0 Å². The predicted molar refractivity (Wildman–Crippen MR) is 113 cm³/mol. The van der Waals surface area contributed by atoms with Crippen molar-refractivity contribution in [1.29, 1.82) is 0 Å². The zero-order chi connectivity index (χ0) is 19.9. The molecule has 1 aliphatic rings. The van der Waals surface area contributed by atoms with Crippen LogP contribution in [-0.2, 0) is 11.3 Å². The summed E-state index contributed by atoms with van der Waals surface area (Å²) in [5.41, 5.74) is 2.48. The molecule has 1 saturated heterocycles. The summed E-state index contributed by atoms with van der Waals surface area (Å²) in [5.74, 6) is -0.295. The van der Waals surface area contributed by atoms with Crippen LogP contribution in [-0.4, -0.2) is 36.3 Å². The van der Waals surface area contributed by atoms with E-state index in [-0.39, 0.29) is 17.7 Å². The maximum Gasteiger partial charge on any atom is 0.253 e. The summed E-state index contributed by atoms with van der Waals surface area (Å²) in [4.78, 5) is 27.4. The lowest BCUT2D eigenvalue weighted by atomic mass is 9.96. The van der Waals surface area contributed by atoms with Gasteiger partial charge < -0.3 is 15.5 Å². The van der Waals surface area contributed by atoms with Gasteiger partial charge in [-0.15, -0.1) is 0 Å². The van der Waals surface area contributed by atoms with Crippen LogP contribution in [0.1, 0.15) is 35.7 Å². The SMILES string of the molecule is CCNCc1ccccc1NC(=O)C1CCCN(C(=O)c2ccc(Cl)cc2)C1. The Morgan fingerprint density at radius 2 is 1.89 bits per heavy atom. The number of piperidine rings is 1. The molecular formula is C22H26ClN3O2. The van der Waals surface area contributed by atoms with E-state index in [1.807, 2.05) is 24.3 Å². The fraction of sp³-hybridized carbons (Fsp3) is 0.364. The Morgan fingerprint density at radius 3 is 2.64 bits per heavy atom. The number of likely N-dealkylation sites (tertiary alicyclic amines) is 1. The fourth-order valence-electron chi connectivity index (χ4n) is 3.44. The van der Waals surface area contributed by atoms with Crippen LogP contribution in [0.2, 0.25) is 5.02 Å². The highest BCUT2D eigenvalue weighted by Crippen LogP contribution is 2.22. The number of hydrogen-bond donors (Lipinski definition) is 2. The molecule has 0 aliphatic carbocycles. The predicted octanol–water partition coefficient (Wildman–Crippen LogP) is 3.94. The Bertz CT molecular complexity index is 823. The van der Waals surface area contributed by atoms with Crippen molar-refractivity contribution in [3.8, 4) is 0 Å². The van der Waals surface area contributed by atoms with Crippen molar-refractivity contribution in [2.24, 2.45) is 5.92 Å². The van der Waals surface area contributed by atoms with E-state index < -0.39 is 0 Å². The standard InChI is InChI=1S/C22H26ClN3O2/c1-2-24-14-17-6-3-4-8-20(17)25-21(27)18-7-5-13-26(15-18)22(28)16-9-11-19(23)12-10-16/h3-4,6,8-12,18,24H,2,5,7,13-15H2,1H3,(H,25,27). The average molecular weight is 400 g/mol. The molecule has 2 aromatic rings. The number of amides is 2. The third-order valence-corrected chi connectivity index (χ3v) is 5.26. The van der Waals surface area contributed by atoms with E-state index >= 15 is 0 Å². The van der Waals surface area contributed by atoms with Gasteiger partial charge in [0.25, 0.3) is 5.91 Å². The third-order valence-electron chi connectivity index (χ3n) is 5.01. The highest BCUT2D eigenvalue weighted by atomic mass is 35.5. The molecular weight excluding hydrogens is 374 g/mol. The van der Waals surface area contributed by atoms with Crippen molar-refractivity contribution in [3.63, 3.8) is 0 Å². The Hall–Kier alpha value is -2.37.